The molecule has 2 N–H and O–H groups in total. The Hall–Kier alpha value is -1.58. The molecule has 1 aromatic carbocycles. The molecular formula is C7H8NO3+. The van der Waals surface area contributed by atoms with Crippen LogP contribution < -0.4 is 0 Å². The largest absolute Gasteiger partial charge is 0.502 e. The first-order valence-electron chi connectivity index (χ1n) is 3.04. The molecule has 1 rings (SSSR count). The van der Waals surface area contributed by atoms with Crippen LogP contribution in [0.2, 0.25) is 0 Å². The van der Waals surface area contributed by atoms with Crippen molar-refractivity contribution >= 4 is 5.69 Å². The molecule has 0 aliphatic carbocycles. The van der Waals surface area contributed by atoms with Gasteiger partial charge in [-0.05, 0) is 12.1 Å². The van der Waals surface area contributed by atoms with Gasteiger partial charge in [-0.15, -0.1) is 0 Å². The SMILES string of the molecule is C[N+](=O)c1c(O)cccc1O. The first-order chi connectivity index (χ1) is 5.13. The van der Waals surface area contributed by atoms with Crippen molar-refractivity contribution in [1.82, 2.24) is 0 Å². The Balaban J connectivity index is 3.32. The summed E-state index contributed by atoms with van der Waals surface area (Å²) in [7, 11) is 1.20. The number of hydrogen-bond donors (Lipinski definition) is 2. The van der Waals surface area contributed by atoms with E-state index < -0.39 is 0 Å². The zero-order chi connectivity index (χ0) is 8.43. The van der Waals surface area contributed by atoms with Gasteiger partial charge in [-0.2, -0.15) is 0 Å². The minimum Gasteiger partial charge on any atom is -0.502 e. The van der Waals surface area contributed by atoms with Crippen LogP contribution in [0.5, 0.6) is 11.5 Å². The van der Waals surface area contributed by atoms with Crippen LogP contribution in [-0.4, -0.2) is 22.0 Å². The van der Waals surface area contributed by atoms with Gasteiger partial charge in [0, 0.05) is 9.67 Å². The average molecular weight is 154 g/mol. The van der Waals surface area contributed by atoms with Crippen LogP contribution in [0.3, 0.4) is 0 Å². The van der Waals surface area contributed by atoms with Crippen molar-refractivity contribution in [3.8, 4) is 11.5 Å². The Bertz CT molecular complexity index is 275. The van der Waals surface area contributed by atoms with Crippen molar-refractivity contribution in [2.45, 2.75) is 0 Å². The molecule has 0 saturated heterocycles. The topological polar surface area (TPSA) is 60.5 Å². The van der Waals surface area contributed by atoms with E-state index in [1.807, 2.05) is 0 Å². The zero-order valence-electron chi connectivity index (χ0n) is 5.98. The van der Waals surface area contributed by atoms with Gasteiger partial charge in [-0.1, -0.05) is 6.07 Å². The molecular weight excluding hydrogens is 146 g/mol. The lowest BCUT2D eigenvalue weighted by Crippen LogP contribution is -1.90. The van der Waals surface area contributed by atoms with E-state index in [2.05, 4.69) is 0 Å². The number of aromatic hydroxyl groups is 2. The van der Waals surface area contributed by atoms with Crippen LogP contribution in [0.15, 0.2) is 18.2 Å². The number of phenols is 2. The van der Waals surface area contributed by atoms with Crippen molar-refractivity contribution in [1.29, 1.82) is 0 Å². The number of phenolic OH excluding ortho intramolecular Hbond substituents is 2. The Morgan fingerprint density at radius 2 is 1.73 bits per heavy atom. The molecule has 0 aliphatic heterocycles. The molecule has 58 valence electrons. The van der Waals surface area contributed by atoms with Gasteiger partial charge < -0.3 is 10.2 Å². The molecule has 4 nitrogen and oxygen atoms in total. The maximum atomic E-state index is 10.7. The molecule has 0 aliphatic rings. The van der Waals surface area contributed by atoms with Gasteiger partial charge in [0.05, 0.1) is 0 Å². The van der Waals surface area contributed by atoms with Gasteiger partial charge in [0.1, 0.15) is 0 Å². The molecule has 1 aromatic rings. The highest BCUT2D eigenvalue weighted by Gasteiger charge is 2.18. The van der Waals surface area contributed by atoms with Gasteiger partial charge in [-0.25, -0.2) is 0 Å². The predicted octanol–water partition coefficient (Wildman–Crippen LogP) is 1.14. The second-order valence-electron chi connectivity index (χ2n) is 2.14. The van der Waals surface area contributed by atoms with Crippen molar-refractivity contribution in [2.24, 2.45) is 0 Å². The normalized spacial score (nSPS) is 9.55. The lowest BCUT2D eigenvalue weighted by Gasteiger charge is -1.94. The number of hydrogen-bond acceptors (Lipinski definition) is 3. The van der Waals surface area contributed by atoms with Crippen LogP contribution in [0.1, 0.15) is 0 Å². The summed E-state index contributed by atoms with van der Waals surface area (Å²) in [6, 6.07) is 4.13. The van der Waals surface area contributed by atoms with E-state index in [-0.39, 0.29) is 17.2 Å². The fourth-order valence-electron chi connectivity index (χ4n) is 0.842. The van der Waals surface area contributed by atoms with Crippen molar-refractivity contribution in [2.75, 3.05) is 7.05 Å². The van der Waals surface area contributed by atoms with Crippen molar-refractivity contribution < 1.29 is 15.0 Å². The highest BCUT2D eigenvalue weighted by Crippen LogP contribution is 2.33. The van der Waals surface area contributed by atoms with Gasteiger partial charge >= 0.3 is 5.69 Å². The van der Waals surface area contributed by atoms with E-state index in [1.165, 1.54) is 25.2 Å². The number of para-hydroxylation sites is 1. The van der Waals surface area contributed by atoms with E-state index in [1.54, 1.807) is 0 Å². The summed E-state index contributed by atoms with van der Waals surface area (Å²) in [6.45, 7) is 0. The fraction of sp³-hybridized carbons (Fsp3) is 0.143. The Labute approximate surface area is 63.3 Å². The third-order valence-corrected chi connectivity index (χ3v) is 1.31. The van der Waals surface area contributed by atoms with Gasteiger partial charge in [0.2, 0.25) is 0 Å². The van der Waals surface area contributed by atoms with E-state index in [0.717, 1.165) is 0 Å². The van der Waals surface area contributed by atoms with E-state index in [4.69, 9.17) is 10.2 Å². The summed E-state index contributed by atoms with van der Waals surface area (Å²) in [5.74, 6) is -0.440. The monoisotopic (exact) mass is 154 g/mol. The summed E-state index contributed by atoms with van der Waals surface area (Å²) >= 11 is 0. The number of benzene rings is 1. The first kappa shape index (κ1) is 7.53. The number of rotatable bonds is 1. The zero-order valence-corrected chi connectivity index (χ0v) is 5.98. The van der Waals surface area contributed by atoms with Gasteiger partial charge in [0.15, 0.2) is 18.5 Å². The molecule has 0 heterocycles. The lowest BCUT2D eigenvalue weighted by molar-refractivity contribution is -0.430. The third kappa shape index (κ3) is 1.29. The molecule has 0 saturated carbocycles. The molecule has 4 heteroatoms. The Kier molecular flexibility index (Phi) is 1.76. The molecule has 0 spiro atoms. The number of nitroso groups, excluding NO2 is 1. The summed E-state index contributed by atoms with van der Waals surface area (Å²) < 4.78 is 0.407. The molecule has 0 aromatic heterocycles. The van der Waals surface area contributed by atoms with Gasteiger partial charge in [-0.3, -0.25) is 0 Å². The van der Waals surface area contributed by atoms with E-state index >= 15 is 0 Å². The molecule has 0 radical (unpaired) electrons. The molecule has 0 unspecified atom stereocenters. The maximum absolute atomic E-state index is 10.7. The predicted molar refractivity (Wildman–Crippen MR) is 39.0 cm³/mol. The smallest absolute Gasteiger partial charge is 0.338 e. The molecule has 0 fully saturated rings. The Morgan fingerprint density at radius 1 is 1.27 bits per heavy atom. The van der Waals surface area contributed by atoms with Gasteiger partial charge in [0.25, 0.3) is 0 Å². The summed E-state index contributed by atoms with van der Waals surface area (Å²) in [6.07, 6.45) is 0. The van der Waals surface area contributed by atoms with E-state index in [0.29, 0.717) is 4.76 Å². The minimum atomic E-state index is -0.220. The summed E-state index contributed by atoms with van der Waals surface area (Å²) in [5.41, 5.74) is -0.104. The van der Waals surface area contributed by atoms with Crippen molar-refractivity contribution in [3.05, 3.63) is 23.1 Å². The fourth-order valence-corrected chi connectivity index (χ4v) is 0.842. The summed E-state index contributed by atoms with van der Waals surface area (Å²) in [5, 5.41) is 18.1. The highest BCUT2D eigenvalue weighted by molar-refractivity contribution is 5.55. The third-order valence-electron chi connectivity index (χ3n) is 1.31. The average Bonchev–Trinajstić information content (AvgIpc) is 1.85. The second kappa shape index (κ2) is 2.57. The van der Waals surface area contributed by atoms with Crippen LogP contribution in [-0.2, 0) is 0 Å². The van der Waals surface area contributed by atoms with E-state index in [9.17, 15) is 4.91 Å². The van der Waals surface area contributed by atoms with Crippen LogP contribution >= 0.6 is 0 Å². The molecule has 0 atom stereocenters. The van der Waals surface area contributed by atoms with Crippen LogP contribution in [0.4, 0.5) is 5.69 Å². The highest BCUT2D eigenvalue weighted by atomic mass is 16.3. The Morgan fingerprint density at radius 3 is 2.00 bits per heavy atom. The molecule has 0 bridgehead atoms. The quantitative estimate of drug-likeness (QED) is 0.596. The first-order valence-corrected chi connectivity index (χ1v) is 3.04. The van der Waals surface area contributed by atoms with Crippen LogP contribution in [0.25, 0.3) is 0 Å². The maximum Gasteiger partial charge on any atom is 0.338 e. The standard InChI is InChI=1S/C7H7NO3/c1-8(11)7-5(9)3-2-4-6(7)10/h2-4H,1H3,(H-,9,10,11)/p+1. The number of nitrogens with zero attached hydrogens (tertiary/aromatic N) is 1. The van der Waals surface area contributed by atoms with Crippen molar-refractivity contribution in [3.63, 3.8) is 0 Å². The summed E-state index contributed by atoms with van der Waals surface area (Å²) in [4.78, 5) is 10.7. The molecule has 11 heavy (non-hydrogen) atoms. The second-order valence-corrected chi connectivity index (χ2v) is 2.14. The lowest BCUT2D eigenvalue weighted by atomic mass is 10.2. The minimum absolute atomic E-state index is 0.104. The van der Waals surface area contributed by atoms with Crippen LogP contribution in [0, 0.1) is 4.91 Å². The molecule has 0 amide bonds.